The largest absolute Gasteiger partial charge is 0.387 e. The quantitative estimate of drug-likeness (QED) is 0.798. The average Bonchev–Trinajstić information content (AvgIpc) is 3.09. The molecule has 0 spiro atoms. The van der Waals surface area contributed by atoms with Crippen LogP contribution in [0.2, 0.25) is 0 Å². The van der Waals surface area contributed by atoms with E-state index in [-0.39, 0.29) is 5.82 Å². The summed E-state index contributed by atoms with van der Waals surface area (Å²) in [4.78, 5) is 5.38. The Kier molecular flexibility index (Phi) is 3.62. The van der Waals surface area contributed by atoms with Gasteiger partial charge in [-0.1, -0.05) is 18.2 Å². The van der Waals surface area contributed by atoms with Crippen molar-refractivity contribution >= 4 is 11.3 Å². The van der Waals surface area contributed by atoms with Gasteiger partial charge >= 0.3 is 0 Å². The highest BCUT2D eigenvalue weighted by atomic mass is 32.1. The van der Waals surface area contributed by atoms with E-state index in [1.54, 1.807) is 29.7 Å². The van der Waals surface area contributed by atoms with Crippen molar-refractivity contribution in [1.29, 1.82) is 0 Å². The van der Waals surface area contributed by atoms with Crippen LogP contribution in [0.25, 0.3) is 10.7 Å². The number of aromatic nitrogens is 2. The maximum atomic E-state index is 12.9. The normalized spacial score (nSPS) is 12.5. The summed E-state index contributed by atoms with van der Waals surface area (Å²) in [6, 6.07) is 9.87. The Balaban J connectivity index is 1.81. The number of nitrogens with zero attached hydrogens (tertiary/aromatic N) is 2. The number of imidazole rings is 1. The highest BCUT2D eigenvalue weighted by molar-refractivity contribution is 7.13. The Morgan fingerprint density at radius 2 is 2.05 bits per heavy atom. The molecule has 1 aromatic carbocycles. The van der Waals surface area contributed by atoms with Gasteiger partial charge in [0.15, 0.2) is 0 Å². The molecule has 0 fully saturated rings. The molecule has 3 rings (SSSR count). The highest BCUT2D eigenvalue weighted by Crippen LogP contribution is 2.25. The first-order valence-corrected chi connectivity index (χ1v) is 7.10. The molecule has 2 heterocycles. The molecular formula is C15H13FN2OS. The molecule has 0 aliphatic rings. The second-order valence-corrected chi connectivity index (χ2v) is 5.40. The van der Waals surface area contributed by atoms with Crippen LogP contribution < -0.4 is 0 Å². The summed E-state index contributed by atoms with van der Waals surface area (Å²) in [5, 5.41) is 12.2. The van der Waals surface area contributed by atoms with Crippen molar-refractivity contribution in [2.75, 3.05) is 0 Å². The molecule has 1 unspecified atom stereocenters. The van der Waals surface area contributed by atoms with Gasteiger partial charge in [-0.05, 0) is 29.1 Å². The van der Waals surface area contributed by atoms with Gasteiger partial charge in [0.25, 0.3) is 0 Å². The van der Waals surface area contributed by atoms with Crippen molar-refractivity contribution < 1.29 is 9.50 Å². The number of thiophene rings is 1. The summed E-state index contributed by atoms with van der Waals surface area (Å²) in [7, 11) is 0. The van der Waals surface area contributed by atoms with Crippen LogP contribution in [0.3, 0.4) is 0 Å². The zero-order valence-electron chi connectivity index (χ0n) is 10.6. The topological polar surface area (TPSA) is 38.0 Å². The van der Waals surface area contributed by atoms with Gasteiger partial charge in [0.05, 0.1) is 17.5 Å². The number of hydrogen-bond acceptors (Lipinski definition) is 3. The zero-order chi connectivity index (χ0) is 13.9. The smallest absolute Gasteiger partial charge is 0.150 e. The van der Waals surface area contributed by atoms with Crippen LogP contribution in [0.1, 0.15) is 11.7 Å². The Morgan fingerprint density at radius 1 is 1.25 bits per heavy atom. The van der Waals surface area contributed by atoms with E-state index in [2.05, 4.69) is 4.98 Å². The van der Waals surface area contributed by atoms with Crippen molar-refractivity contribution in [3.8, 4) is 10.7 Å². The van der Waals surface area contributed by atoms with Crippen LogP contribution in [-0.2, 0) is 6.54 Å². The van der Waals surface area contributed by atoms with Gasteiger partial charge in [0.2, 0.25) is 0 Å². The molecule has 0 aliphatic heterocycles. The predicted octanol–water partition coefficient (Wildman–Crippen LogP) is 3.48. The Bertz CT molecular complexity index is 676. The van der Waals surface area contributed by atoms with E-state index < -0.39 is 6.10 Å². The fourth-order valence-electron chi connectivity index (χ4n) is 2.06. The summed E-state index contributed by atoms with van der Waals surface area (Å²) >= 11 is 1.61. The number of halogens is 1. The summed E-state index contributed by atoms with van der Waals surface area (Å²) in [6.07, 6.45) is 2.86. The second-order valence-electron chi connectivity index (χ2n) is 4.45. The summed E-state index contributed by atoms with van der Waals surface area (Å²) in [5.74, 6) is 0.531. The number of benzene rings is 1. The van der Waals surface area contributed by atoms with Crippen LogP contribution in [-0.4, -0.2) is 14.7 Å². The summed E-state index contributed by atoms with van der Waals surface area (Å²) < 4.78 is 14.8. The molecule has 1 N–H and O–H groups in total. The minimum Gasteiger partial charge on any atom is -0.387 e. The number of rotatable bonds is 4. The number of aliphatic hydroxyl groups is 1. The first kappa shape index (κ1) is 13.0. The van der Waals surface area contributed by atoms with E-state index in [1.165, 1.54) is 12.1 Å². The summed E-state index contributed by atoms with van der Waals surface area (Å²) in [6.45, 7) is 0.388. The third kappa shape index (κ3) is 2.64. The monoisotopic (exact) mass is 288 g/mol. The first-order valence-electron chi connectivity index (χ1n) is 6.22. The Hall–Kier alpha value is -1.98. The van der Waals surface area contributed by atoms with Crippen LogP contribution in [0.4, 0.5) is 4.39 Å². The van der Waals surface area contributed by atoms with Crippen molar-refractivity contribution in [2.45, 2.75) is 12.6 Å². The molecule has 3 nitrogen and oxygen atoms in total. The molecule has 2 aromatic heterocycles. The van der Waals surface area contributed by atoms with E-state index in [1.807, 2.05) is 28.3 Å². The third-order valence-electron chi connectivity index (χ3n) is 3.08. The minimum atomic E-state index is -0.691. The van der Waals surface area contributed by atoms with E-state index in [4.69, 9.17) is 0 Å². The van der Waals surface area contributed by atoms with Crippen LogP contribution in [0.15, 0.2) is 54.2 Å². The molecule has 5 heteroatoms. The molecule has 0 amide bonds. The lowest BCUT2D eigenvalue weighted by Gasteiger charge is -2.13. The van der Waals surface area contributed by atoms with Crippen LogP contribution in [0, 0.1) is 5.82 Å². The molecule has 0 radical (unpaired) electrons. The average molecular weight is 288 g/mol. The van der Waals surface area contributed by atoms with E-state index in [9.17, 15) is 9.50 Å². The lowest BCUT2D eigenvalue weighted by atomic mass is 10.1. The third-order valence-corrected chi connectivity index (χ3v) is 3.95. The van der Waals surface area contributed by atoms with E-state index >= 15 is 0 Å². The molecule has 102 valence electrons. The first-order chi connectivity index (χ1) is 9.74. The van der Waals surface area contributed by atoms with Crippen molar-refractivity contribution in [1.82, 2.24) is 9.55 Å². The second kappa shape index (κ2) is 5.56. The van der Waals surface area contributed by atoms with Gasteiger partial charge in [0, 0.05) is 12.4 Å². The number of aliphatic hydroxyl groups excluding tert-OH is 1. The van der Waals surface area contributed by atoms with Gasteiger partial charge in [-0.15, -0.1) is 11.3 Å². The highest BCUT2D eigenvalue weighted by Gasteiger charge is 2.12. The van der Waals surface area contributed by atoms with E-state index in [0.717, 1.165) is 10.7 Å². The predicted molar refractivity (Wildman–Crippen MR) is 76.9 cm³/mol. The fraction of sp³-hybridized carbons (Fsp3) is 0.133. The molecule has 0 saturated heterocycles. The van der Waals surface area contributed by atoms with Gasteiger partial charge in [-0.2, -0.15) is 0 Å². The van der Waals surface area contributed by atoms with Gasteiger partial charge in [-0.25, -0.2) is 9.37 Å². The van der Waals surface area contributed by atoms with Gasteiger partial charge < -0.3 is 9.67 Å². The van der Waals surface area contributed by atoms with Crippen LogP contribution >= 0.6 is 11.3 Å². The van der Waals surface area contributed by atoms with Crippen LogP contribution in [0.5, 0.6) is 0 Å². The molecular weight excluding hydrogens is 275 g/mol. The zero-order valence-corrected chi connectivity index (χ0v) is 11.4. The maximum absolute atomic E-state index is 12.9. The summed E-state index contributed by atoms with van der Waals surface area (Å²) in [5.41, 5.74) is 0.692. The Labute approximate surface area is 120 Å². The molecule has 0 saturated carbocycles. The SMILES string of the molecule is OC(Cn1ccnc1-c1cccs1)c1ccc(F)cc1. The molecule has 3 aromatic rings. The lowest BCUT2D eigenvalue weighted by Crippen LogP contribution is -2.09. The van der Waals surface area contributed by atoms with Crippen molar-refractivity contribution in [3.63, 3.8) is 0 Å². The van der Waals surface area contributed by atoms with E-state index in [0.29, 0.717) is 12.1 Å². The lowest BCUT2D eigenvalue weighted by molar-refractivity contribution is 0.157. The Morgan fingerprint density at radius 3 is 2.75 bits per heavy atom. The standard InChI is InChI=1S/C15H13FN2OS/c16-12-5-3-11(4-6-12)13(19)10-18-8-7-17-15(18)14-2-1-9-20-14/h1-9,13,19H,10H2. The van der Waals surface area contributed by atoms with Crippen molar-refractivity contribution in [2.24, 2.45) is 0 Å². The number of hydrogen-bond donors (Lipinski definition) is 1. The molecule has 0 bridgehead atoms. The van der Waals surface area contributed by atoms with Gasteiger partial charge in [-0.3, -0.25) is 0 Å². The molecule has 1 atom stereocenters. The minimum absolute atomic E-state index is 0.303. The van der Waals surface area contributed by atoms with Gasteiger partial charge in [0.1, 0.15) is 11.6 Å². The molecule has 0 aliphatic carbocycles. The maximum Gasteiger partial charge on any atom is 0.150 e. The molecule has 20 heavy (non-hydrogen) atoms. The fourth-order valence-corrected chi connectivity index (χ4v) is 2.80. The van der Waals surface area contributed by atoms with Crippen molar-refractivity contribution in [3.05, 3.63) is 65.6 Å².